The van der Waals surface area contributed by atoms with E-state index in [1.807, 2.05) is 60.7 Å². The summed E-state index contributed by atoms with van der Waals surface area (Å²) in [6.07, 6.45) is 7.63. The summed E-state index contributed by atoms with van der Waals surface area (Å²) in [5.41, 5.74) is 1.96. The van der Waals surface area contributed by atoms with Gasteiger partial charge in [0.05, 0.1) is 0 Å². The molecule has 0 bridgehead atoms. The molecular formula is C23H22Br2N2O2. The predicted octanol–water partition coefficient (Wildman–Crippen LogP) is 5.00. The summed E-state index contributed by atoms with van der Waals surface area (Å²) >= 11 is 6.81. The molecule has 1 aliphatic rings. The maximum absolute atomic E-state index is 12.5. The topological polar surface area (TPSA) is 40.6 Å². The molecule has 0 N–H and O–H groups in total. The van der Waals surface area contributed by atoms with Crippen molar-refractivity contribution in [1.82, 2.24) is 9.80 Å². The Kier molecular flexibility index (Phi) is 7.83. The van der Waals surface area contributed by atoms with E-state index in [0.29, 0.717) is 26.2 Å². The van der Waals surface area contributed by atoms with Crippen molar-refractivity contribution < 1.29 is 9.59 Å². The van der Waals surface area contributed by atoms with Crippen LogP contribution < -0.4 is 0 Å². The fraction of sp³-hybridized carbons (Fsp3) is 0.217. The predicted molar refractivity (Wildman–Crippen MR) is 124 cm³/mol. The molecule has 1 saturated heterocycles. The van der Waals surface area contributed by atoms with Gasteiger partial charge in [-0.1, -0.05) is 56.1 Å². The van der Waals surface area contributed by atoms with E-state index in [1.165, 1.54) is 0 Å². The van der Waals surface area contributed by atoms with Crippen LogP contribution in [0.4, 0.5) is 0 Å². The number of benzene rings is 2. The highest BCUT2D eigenvalue weighted by Gasteiger charge is 2.19. The van der Waals surface area contributed by atoms with E-state index in [4.69, 9.17) is 0 Å². The van der Waals surface area contributed by atoms with Crippen LogP contribution in [-0.2, 0) is 9.59 Å². The Morgan fingerprint density at radius 2 is 1.03 bits per heavy atom. The van der Waals surface area contributed by atoms with E-state index in [0.717, 1.165) is 26.5 Å². The van der Waals surface area contributed by atoms with Crippen LogP contribution in [0.15, 0.2) is 69.6 Å². The molecule has 1 fully saturated rings. The van der Waals surface area contributed by atoms with Crippen molar-refractivity contribution in [2.75, 3.05) is 26.2 Å². The second-order valence-electron chi connectivity index (χ2n) is 6.77. The average molecular weight is 518 g/mol. The highest BCUT2D eigenvalue weighted by Crippen LogP contribution is 2.13. The third kappa shape index (κ3) is 6.68. The van der Waals surface area contributed by atoms with Crippen molar-refractivity contribution in [2.45, 2.75) is 6.42 Å². The molecule has 4 nitrogen and oxygen atoms in total. The van der Waals surface area contributed by atoms with Crippen molar-refractivity contribution >= 4 is 55.8 Å². The van der Waals surface area contributed by atoms with Crippen LogP contribution in [0, 0.1) is 0 Å². The van der Waals surface area contributed by atoms with E-state index >= 15 is 0 Å². The van der Waals surface area contributed by atoms with Gasteiger partial charge < -0.3 is 9.80 Å². The van der Waals surface area contributed by atoms with Gasteiger partial charge in [0, 0.05) is 47.3 Å². The molecule has 0 aromatic heterocycles. The second-order valence-corrected chi connectivity index (χ2v) is 8.61. The Morgan fingerprint density at radius 3 is 1.41 bits per heavy atom. The molecule has 1 aliphatic heterocycles. The van der Waals surface area contributed by atoms with Gasteiger partial charge in [-0.15, -0.1) is 0 Å². The van der Waals surface area contributed by atoms with Crippen LogP contribution in [0.25, 0.3) is 12.2 Å². The SMILES string of the molecule is O=C(/C=C/c1ccc(Br)cc1)N1CCCN(C(=O)/C=C/c2ccc(Br)cc2)CC1. The number of hydrogen-bond donors (Lipinski definition) is 0. The van der Waals surface area contributed by atoms with Crippen LogP contribution in [0.3, 0.4) is 0 Å². The van der Waals surface area contributed by atoms with Gasteiger partial charge in [-0.2, -0.15) is 0 Å². The van der Waals surface area contributed by atoms with Gasteiger partial charge in [0.25, 0.3) is 0 Å². The molecule has 29 heavy (non-hydrogen) atoms. The fourth-order valence-electron chi connectivity index (χ4n) is 3.05. The van der Waals surface area contributed by atoms with Crippen molar-refractivity contribution in [3.05, 3.63) is 80.8 Å². The van der Waals surface area contributed by atoms with Gasteiger partial charge in [-0.3, -0.25) is 9.59 Å². The molecule has 2 amide bonds. The zero-order valence-electron chi connectivity index (χ0n) is 15.9. The number of carbonyl (C=O) groups is 2. The summed E-state index contributed by atoms with van der Waals surface area (Å²) in [5, 5.41) is 0. The van der Waals surface area contributed by atoms with Crippen LogP contribution in [0.5, 0.6) is 0 Å². The molecule has 3 rings (SSSR count). The van der Waals surface area contributed by atoms with Crippen LogP contribution in [-0.4, -0.2) is 47.8 Å². The standard InChI is InChI=1S/C23H22Br2N2O2/c24-20-8-2-18(3-9-20)6-12-22(28)26-14-1-15-27(17-16-26)23(29)13-7-19-4-10-21(25)11-5-19/h2-13H,1,14-17H2/b12-6+,13-7+. The second kappa shape index (κ2) is 10.6. The molecule has 0 unspecified atom stereocenters. The first-order chi connectivity index (χ1) is 14.0. The zero-order valence-corrected chi connectivity index (χ0v) is 19.1. The Hall–Kier alpha value is -2.18. The lowest BCUT2D eigenvalue weighted by Crippen LogP contribution is -2.36. The van der Waals surface area contributed by atoms with Gasteiger partial charge in [-0.05, 0) is 54.0 Å². The normalized spacial score (nSPS) is 15.1. The Labute approximate surface area is 188 Å². The molecule has 2 aromatic rings. The van der Waals surface area contributed by atoms with Gasteiger partial charge in [-0.25, -0.2) is 0 Å². The molecule has 150 valence electrons. The van der Waals surface area contributed by atoms with Gasteiger partial charge in [0.1, 0.15) is 0 Å². The molecule has 0 saturated carbocycles. The first-order valence-electron chi connectivity index (χ1n) is 9.46. The zero-order chi connectivity index (χ0) is 20.6. The monoisotopic (exact) mass is 516 g/mol. The third-order valence-electron chi connectivity index (χ3n) is 4.70. The fourth-order valence-corrected chi connectivity index (χ4v) is 3.58. The first kappa shape index (κ1) is 21.5. The molecule has 1 heterocycles. The summed E-state index contributed by atoms with van der Waals surface area (Å²) in [5.74, 6) is -0.0414. The minimum absolute atomic E-state index is 0.0207. The summed E-state index contributed by atoms with van der Waals surface area (Å²) in [6.45, 7) is 2.40. The molecule has 6 heteroatoms. The number of carbonyl (C=O) groups excluding carboxylic acids is 2. The van der Waals surface area contributed by atoms with Crippen molar-refractivity contribution in [1.29, 1.82) is 0 Å². The van der Waals surface area contributed by atoms with E-state index < -0.39 is 0 Å². The van der Waals surface area contributed by atoms with Crippen LogP contribution >= 0.6 is 31.9 Å². The highest BCUT2D eigenvalue weighted by atomic mass is 79.9. The van der Waals surface area contributed by atoms with E-state index in [1.54, 1.807) is 22.0 Å². The maximum atomic E-state index is 12.5. The van der Waals surface area contributed by atoms with Gasteiger partial charge >= 0.3 is 0 Å². The van der Waals surface area contributed by atoms with Crippen molar-refractivity contribution in [2.24, 2.45) is 0 Å². The van der Waals surface area contributed by atoms with E-state index in [2.05, 4.69) is 31.9 Å². The summed E-state index contributed by atoms with van der Waals surface area (Å²) in [4.78, 5) is 28.6. The lowest BCUT2D eigenvalue weighted by Gasteiger charge is -2.20. The lowest BCUT2D eigenvalue weighted by atomic mass is 10.2. The molecular weight excluding hydrogens is 496 g/mol. The molecule has 0 atom stereocenters. The molecule has 0 aliphatic carbocycles. The number of nitrogens with zero attached hydrogens (tertiary/aromatic N) is 2. The van der Waals surface area contributed by atoms with Crippen molar-refractivity contribution in [3.63, 3.8) is 0 Å². The minimum Gasteiger partial charge on any atom is -0.337 e. The molecule has 2 aromatic carbocycles. The Morgan fingerprint density at radius 1 is 0.655 bits per heavy atom. The summed E-state index contributed by atoms with van der Waals surface area (Å²) < 4.78 is 2.01. The number of halogens is 2. The minimum atomic E-state index is -0.0207. The first-order valence-corrected chi connectivity index (χ1v) is 11.0. The number of hydrogen-bond acceptors (Lipinski definition) is 2. The summed E-state index contributed by atoms with van der Waals surface area (Å²) in [7, 11) is 0. The average Bonchev–Trinajstić information content (AvgIpc) is 2.99. The Bertz CT molecular complexity index is 830. The van der Waals surface area contributed by atoms with Crippen LogP contribution in [0.1, 0.15) is 17.5 Å². The third-order valence-corrected chi connectivity index (χ3v) is 5.75. The van der Waals surface area contributed by atoms with Crippen LogP contribution in [0.2, 0.25) is 0 Å². The highest BCUT2D eigenvalue weighted by molar-refractivity contribution is 9.10. The molecule has 0 radical (unpaired) electrons. The maximum Gasteiger partial charge on any atom is 0.246 e. The Balaban J connectivity index is 1.53. The van der Waals surface area contributed by atoms with Gasteiger partial charge in [0.15, 0.2) is 0 Å². The smallest absolute Gasteiger partial charge is 0.246 e. The number of amides is 2. The van der Waals surface area contributed by atoms with E-state index in [-0.39, 0.29) is 11.8 Å². The van der Waals surface area contributed by atoms with E-state index in [9.17, 15) is 9.59 Å². The quantitative estimate of drug-likeness (QED) is 0.535. The molecule has 0 spiro atoms. The summed E-state index contributed by atoms with van der Waals surface area (Å²) in [6, 6.07) is 15.6. The number of rotatable bonds is 4. The van der Waals surface area contributed by atoms with Gasteiger partial charge in [0.2, 0.25) is 11.8 Å². The largest absolute Gasteiger partial charge is 0.337 e. The lowest BCUT2D eigenvalue weighted by molar-refractivity contribution is -0.128. The van der Waals surface area contributed by atoms with Crippen molar-refractivity contribution in [3.8, 4) is 0 Å².